The molecular weight excluding hydrogens is 441 g/mol. The average molecular weight is 475 g/mol. The fourth-order valence-electron chi connectivity index (χ4n) is 5.31. The number of fused-ring (bicyclic) bond motifs is 2. The van der Waals surface area contributed by atoms with E-state index >= 15 is 0 Å². The molecule has 0 N–H and O–H groups in total. The molecule has 2 aliphatic heterocycles. The van der Waals surface area contributed by atoms with E-state index in [1.165, 1.54) is 5.56 Å². The molecule has 0 bridgehead atoms. The van der Waals surface area contributed by atoms with Crippen LogP contribution in [0, 0.1) is 6.92 Å². The number of nitrogens with zero attached hydrogens (tertiary/aromatic N) is 3. The number of pyridine rings is 1. The number of likely N-dealkylation sites (tertiary alicyclic amines) is 1. The highest BCUT2D eigenvalue weighted by molar-refractivity contribution is 6.04. The van der Waals surface area contributed by atoms with E-state index in [4.69, 9.17) is 14.2 Å². The molecule has 1 fully saturated rings. The number of ether oxygens (including phenoxy) is 3. The predicted molar refractivity (Wildman–Crippen MR) is 140 cm³/mol. The smallest absolute Gasteiger partial charge is 0.251 e. The first-order chi connectivity index (χ1) is 17.0. The third-order valence-electron chi connectivity index (χ3n) is 7.39. The molecule has 0 radical (unpaired) electrons. The Bertz CT molecular complexity index is 1250. The van der Waals surface area contributed by atoms with Crippen molar-refractivity contribution in [3.05, 3.63) is 63.9 Å². The van der Waals surface area contributed by atoms with Crippen LogP contribution in [0.1, 0.15) is 24.0 Å². The van der Waals surface area contributed by atoms with Gasteiger partial charge in [0.2, 0.25) is 0 Å². The summed E-state index contributed by atoms with van der Waals surface area (Å²) in [5.74, 6) is 2.47. The molecule has 3 heterocycles. The summed E-state index contributed by atoms with van der Waals surface area (Å²) in [5, 5.41) is 1.10. The Hall–Kier alpha value is -2.97. The highest BCUT2D eigenvalue weighted by Crippen LogP contribution is 2.31. The second-order valence-corrected chi connectivity index (χ2v) is 9.67. The molecule has 7 nitrogen and oxygen atoms in total. The topological polar surface area (TPSA) is 56.2 Å². The monoisotopic (exact) mass is 475 g/mol. The summed E-state index contributed by atoms with van der Waals surface area (Å²) in [5.41, 5.74) is 3.26. The molecule has 5 rings (SSSR count). The number of benzene rings is 2. The Morgan fingerprint density at radius 1 is 1.03 bits per heavy atom. The zero-order chi connectivity index (χ0) is 24.4. The normalized spacial score (nSPS) is 16.7. The van der Waals surface area contributed by atoms with Gasteiger partial charge in [0, 0.05) is 43.2 Å². The lowest BCUT2D eigenvalue weighted by Crippen LogP contribution is -2.44. The molecular formula is C27H34BN3O4. The van der Waals surface area contributed by atoms with Crippen molar-refractivity contribution in [3.63, 3.8) is 0 Å². The van der Waals surface area contributed by atoms with Crippen LogP contribution in [0.4, 0.5) is 0 Å². The highest BCUT2D eigenvalue weighted by atomic mass is 16.6. The number of hydrogen-bond donors (Lipinski definition) is 0. The first-order valence-corrected chi connectivity index (χ1v) is 12.5. The fourth-order valence-corrected chi connectivity index (χ4v) is 5.31. The standard InChI is InChI=1S/C27H34BN3O4/c1-19-15-27(32)30(24-17-22(33-2)4-5-23(19)24)12-11-29-9-7-21(8-10-29)31(28)18-20-3-6-25-26(16-20)35-14-13-34-25/h3-6,15-17,21H,7-14,18,28H2,1-2H3. The zero-order valence-electron chi connectivity index (χ0n) is 21.0. The third kappa shape index (κ3) is 5.18. The van der Waals surface area contributed by atoms with Gasteiger partial charge in [-0.3, -0.25) is 4.79 Å². The van der Waals surface area contributed by atoms with Crippen LogP contribution in [0.15, 0.2) is 47.3 Å². The summed E-state index contributed by atoms with van der Waals surface area (Å²) in [6.45, 7) is 7.75. The van der Waals surface area contributed by atoms with Crippen LogP contribution in [-0.2, 0) is 13.1 Å². The lowest BCUT2D eigenvalue weighted by molar-refractivity contribution is 0.153. The molecule has 0 spiro atoms. The van der Waals surface area contributed by atoms with Gasteiger partial charge in [-0.2, -0.15) is 0 Å². The molecule has 1 saturated heterocycles. The van der Waals surface area contributed by atoms with Gasteiger partial charge >= 0.3 is 0 Å². The second-order valence-electron chi connectivity index (χ2n) is 9.67. The van der Waals surface area contributed by atoms with Gasteiger partial charge in [0.05, 0.1) is 12.6 Å². The van der Waals surface area contributed by atoms with Gasteiger partial charge in [-0.05, 0) is 68.2 Å². The van der Waals surface area contributed by atoms with Gasteiger partial charge < -0.3 is 28.5 Å². The quantitative estimate of drug-likeness (QED) is 0.490. The maximum Gasteiger partial charge on any atom is 0.251 e. The molecule has 0 atom stereocenters. The van der Waals surface area contributed by atoms with Gasteiger partial charge in [0.15, 0.2) is 19.5 Å². The Balaban J connectivity index is 1.18. The molecule has 3 aromatic rings. The van der Waals surface area contributed by atoms with Gasteiger partial charge in [-0.25, -0.2) is 0 Å². The van der Waals surface area contributed by atoms with E-state index in [1.807, 2.05) is 35.8 Å². The van der Waals surface area contributed by atoms with Gasteiger partial charge in [0.1, 0.15) is 19.0 Å². The van der Waals surface area contributed by atoms with Crippen LogP contribution in [0.3, 0.4) is 0 Å². The molecule has 8 heteroatoms. The van der Waals surface area contributed by atoms with Gasteiger partial charge in [-0.15, -0.1) is 0 Å². The van der Waals surface area contributed by atoms with Crippen LogP contribution in [0.2, 0.25) is 0 Å². The molecule has 2 aromatic carbocycles. The Morgan fingerprint density at radius 2 is 1.80 bits per heavy atom. The SMILES string of the molecule is BN(Cc1ccc2c(c1)OCCO2)C1CCN(CCn2c(=O)cc(C)c3ccc(OC)cc32)CC1. The molecule has 184 valence electrons. The Labute approximate surface area is 207 Å². The van der Waals surface area contributed by atoms with E-state index in [0.29, 0.717) is 25.8 Å². The van der Waals surface area contributed by atoms with Crippen molar-refractivity contribution in [2.24, 2.45) is 0 Å². The Morgan fingerprint density at radius 3 is 2.57 bits per heavy atom. The Kier molecular flexibility index (Phi) is 7.02. The largest absolute Gasteiger partial charge is 0.497 e. The van der Waals surface area contributed by atoms with E-state index in [2.05, 4.69) is 29.8 Å². The van der Waals surface area contributed by atoms with Crippen LogP contribution < -0.4 is 19.8 Å². The maximum absolute atomic E-state index is 12.8. The minimum atomic E-state index is 0.0531. The van der Waals surface area contributed by atoms with Gasteiger partial charge in [-0.1, -0.05) is 6.07 Å². The summed E-state index contributed by atoms with van der Waals surface area (Å²) in [6, 6.07) is 14.5. The van der Waals surface area contributed by atoms with Crippen LogP contribution in [0.5, 0.6) is 17.2 Å². The fraction of sp³-hybridized carbons (Fsp3) is 0.444. The van der Waals surface area contributed by atoms with E-state index in [-0.39, 0.29) is 5.56 Å². The number of methoxy groups -OCH3 is 1. The number of aromatic nitrogens is 1. The predicted octanol–water partition coefficient (Wildman–Crippen LogP) is 2.60. The number of hydrogen-bond acceptors (Lipinski definition) is 6. The summed E-state index contributed by atoms with van der Waals surface area (Å²) in [4.78, 5) is 17.7. The molecule has 0 unspecified atom stereocenters. The van der Waals surface area contributed by atoms with Crippen molar-refractivity contribution in [3.8, 4) is 17.2 Å². The summed E-state index contributed by atoms with van der Waals surface area (Å²) < 4.78 is 18.7. The summed E-state index contributed by atoms with van der Waals surface area (Å²) in [6.07, 6.45) is 2.25. The van der Waals surface area contributed by atoms with Crippen molar-refractivity contribution in [2.45, 2.75) is 38.9 Å². The summed E-state index contributed by atoms with van der Waals surface area (Å²) in [7, 11) is 3.87. The molecule has 2 aliphatic rings. The van der Waals surface area contributed by atoms with E-state index in [1.54, 1.807) is 13.2 Å². The second kappa shape index (κ2) is 10.3. The van der Waals surface area contributed by atoms with E-state index in [9.17, 15) is 4.79 Å². The zero-order valence-corrected chi connectivity index (χ0v) is 21.0. The molecule has 1 aromatic heterocycles. The number of rotatable bonds is 7. The van der Waals surface area contributed by atoms with Gasteiger partial charge in [0.25, 0.3) is 5.56 Å². The van der Waals surface area contributed by atoms with Crippen molar-refractivity contribution in [1.29, 1.82) is 0 Å². The van der Waals surface area contributed by atoms with Crippen molar-refractivity contribution in [2.75, 3.05) is 40.0 Å². The van der Waals surface area contributed by atoms with Crippen LogP contribution in [0.25, 0.3) is 10.9 Å². The maximum atomic E-state index is 12.8. The van der Waals surface area contributed by atoms with E-state index in [0.717, 1.165) is 72.7 Å². The average Bonchev–Trinajstić information content (AvgIpc) is 2.88. The minimum Gasteiger partial charge on any atom is -0.497 e. The highest BCUT2D eigenvalue weighted by Gasteiger charge is 2.23. The number of piperidine rings is 1. The minimum absolute atomic E-state index is 0.0531. The lowest BCUT2D eigenvalue weighted by Gasteiger charge is -2.37. The van der Waals surface area contributed by atoms with E-state index < -0.39 is 0 Å². The van der Waals surface area contributed by atoms with Crippen molar-refractivity contribution < 1.29 is 14.2 Å². The van der Waals surface area contributed by atoms with Crippen molar-refractivity contribution in [1.82, 2.24) is 14.3 Å². The number of aryl methyl sites for hydroxylation is 1. The summed E-state index contributed by atoms with van der Waals surface area (Å²) >= 11 is 0. The van der Waals surface area contributed by atoms with Crippen LogP contribution >= 0.6 is 0 Å². The molecule has 0 saturated carbocycles. The molecule has 35 heavy (non-hydrogen) atoms. The lowest BCUT2D eigenvalue weighted by atomic mass is 9.99. The third-order valence-corrected chi connectivity index (χ3v) is 7.39. The first kappa shape index (κ1) is 23.8. The molecule has 0 aliphatic carbocycles. The van der Waals surface area contributed by atoms with Crippen molar-refractivity contribution >= 4 is 18.9 Å². The molecule has 0 amide bonds. The van der Waals surface area contributed by atoms with Crippen LogP contribution in [-0.4, -0.2) is 68.3 Å². The first-order valence-electron chi connectivity index (χ1n) is 12.5.